The molecule has 0 spiro atoms. The molecule has 3 N–H and O–H groups in total. The quantitative estimate of drug-likeness (QED) is 0.498. The second-order valence-corrected chi connectivity index (χ2v) is 8.26. The number of thiazole rings is 1. The fraction of sp³-hybridized carbons (Fsp3) is 0.200. The van der Waals surface area contributed by atoms with Gasteiger partial charge in [0.1, 0.15) is 10.7 Å². The molecule has 2 atom stereocenters. The van der Waals surface area contributed by atoms with Gasteiger partial charge in [-0.05, 0) is 49.8 Å². The first-order valence-corrected chi connectivity index (χ1v) is 9.68. The average Bonchev–Trinajstić information content (AvgIpc) is 3.11. The zero-order valence-electron chi connectivity index (χ0n) is 14.5. The van der Waals surface area contributed by atoms with Crippen molar-refractivity contribution in [2.45, 2.75) is 25.8 Å². The number of carbonyl (C=O) groups excluding carboxylic acids is 1. The lowest BCUT2D eigenvalue weighted by atomic mass is 9.91. The van der Waals surface area contributed by atoms with E-state index in [2.05, 4.69) is 5.32 Å². The minimum Gasteiger partial charge on any atom is -0.383 e. The number of nitrogens with one attached hydrogen (secondary N) is 1. The number of Topliss-reactive ketones (excluding diaryl/α,β-unsaturated/α-hetero) is 1. The van der Waals surface area contributed by atoms with E-state index in [-0.39, 0.29) is 17.7 Å². The molecule has 132 valence electrons. The number of benzene rings is 2. The molecule has 3 aromatic rings. The molecule has 0 amide bonds. The molecule has 0 unspecified atom stereocenters. The van der Waals surface area contributed by atoms with Crippen molar-refractivity contribution in [1.82, 2.24) is 4.57 Å². The highest BCUT2D eigenvalue weighted by Crippen LogP contribution is 2.40. The Hall–Kier alpha value is -2.44. The first-order chi connectivity index (χ1) is 12.5. The van der Waals surface area contributed by atoms with E-state index >= 15 is 0 Å². The molecule has 0 fully saturated rings. The minimum absolute atomic E-state index is 0.0165. The molecule has 1 aromatic heterocycles. The van der Waals surface area contributed by atoms with Crippen LogP contribution in [-0.2, 0) is 0 Å². The molecule has 4 nitrogen and oxygen atoms in total. The van der Waals surface area contributed by atoms with Gasteiger partial charge < -0.3 is 11.1 Å². The van der Waals surface area contributed by atoms with Crippen molar-refractivity contribution in [3.8, 4) is 5.69 Å². The molecular formula is C20H19N3OS2. The third kappa shape index (κ3) is 2.66. The molecule has 2 heterocycles. The van der Waals surface area contributed by atoms with Crippen LogP contribution < -0.4 is 11.1 Å². The van der Waals surface area contributed by atoms with Gasteiger partial charge in [-0.1, -0.05) is 47.2 Å². The van der Waals surface area contributed by atoms with Gasteiger partial charge in [-0.15, -0.1) is 0 Å². The van der Waals surface area contributed by atoms with Crippen LogP contribution in [0.4, 0.5) is 11.5 Å². The Bertz CT molecular complexity index is 1050. The highest BCUT2D eigenvalue weighted by atomic mass is 32.1. The maximum Gasteiger partial charge on any atom is 0.186 e. The summed E-state index contributed by atoms with van der Waals surface area (Å²) >= 11 is 6.80. The second-order valence-electron chi connectivity index (χ2n) is 6.62. The second kappa shape index (κ2) is 6.37. The van der Waals surface area contributed by atoms with Crippen LogP contribution in [0.3, 0.4) is 0 Å². The van der Waals surface area contributed by atoms with Crippen molar-refractivity contribution in [2.75, 3.05) is 11.1 Å². The van der Waals surface area contributed by atoms with Crippen LogP contribution in [0.1, 0.15) is 33.6 Å². The number of anilines is 2. The predicted molar refractivity (Wildman–Crippen MR) is 110 cm³/mol. The third-order valence-electron chi connectivity index (χ3n) is 4.82. The van der Waals surface area contributed by atoms with E-state index < -0.39 is 0 Å². The third-order valence-corrected chi connectivity index (χ3v) is 6.23. The van der Waals surface area contributed by atoms with Crippen LogP contribution in [0, 0.1) is 10.9 Å². The van der Waals surface area contributed by atoms with Crippen LogP contribution in [0.15, 0.2) is 48.5 Å². The van der Waals surface area contributed by atoms with Crippen LogP contribution in [0.25, 0.3) is 5.69 Å². The summed E-state index contributed by atoms with van der Waals surface area (Å²) in [6.45, 7) is 4.05. The summed E-state index contributed by atoms with van der Waals surface area (Å²) in [4.78, 5) is 13.9. The zero-order chi connectivity index (χ0) is 18.4. The van der Waals surface area contributed by atoms with Gasteiger partial charge in [-0.25, -0.2) is 0 Å². The fourth-order valence-electron chi connectivity index (χ4n) is 3.51. The number of rotatable bonds is 3. The van der Waals surface area contributed by atoms with Crippen molar-refractivity contribution >= 4 is 40.8 Å². The number of hydrogen-bond acceptors (Lipinski definition) is 5. The first kappa shape index (κ1) is 17.0. The Morgan fingerprint density at radius 1 is 1.19 bits per heavy atom. The van der Waals surface area contributed by atoms with E-state index in [4.69, 9.17) is 18.0 Å². The molecule has 0 aliphatic carbocycles. The van der Waals surface area contributed by atoms with Crippen LogP contribution in [0.5, 0.6) is 0 Å². The molecule has 4 rings (SSSR count). The largest absolute Gasteiger partial charge is 0.383 e. The number of aromatic nitrogens is 1. The Kier molecular flexibility index (Phi) is 4.17. The molecule has 0 saturated carbocycles. The SMILES string of the molecule is Cc1ccc(-n2c(N)c(C(=O)[C@H]3c4ccccc4N[C@H]3C)sc2=S)cc1. The molecule has 2 aromatic carbocycles. The lowest BCUT2D eigenvalue weighted by molar-refractivity contribution is 0.0961. The topological polar surface area (TPSA) is 60.0 Å². The van der Waals surface area contributed by atoms with Gasteiger partial charge in [-0.3, -0.25) is 9.36 Å². The Labute approximate surface area is 161 Å². The number of para-hydroxylation sites is 1. The number of nitrogens with two attached hydrogens (primary N) is 1. The van der Waals surface area contributed by atoms with Crippen molar-refractivity contribution in [2.24, 2.45) is 0 Å². The lowest BCUT2D eigenvalue weighted by Crippen LogP contribution is -2.24. The highest BCUT2D eigenvalue weighted by Gasteiger charge is 2.36. The van der Waals surface area contributed by atoms with Crippen molar-refractivity contribution in [3.05, 3.63) is 68.5 Å². The molecule has 0 radical (unpaired) electrons. The highest BCUT2D eigenvalue weighted by molar-refractivity contribution is 7.73. The standard InChI is InChI=1S/C20H19N3OS2/c1-11-7-9-13(10-8-11)23-19(21)18(26-20(23)25)17(24)16-12(2)22-15-6-4-3-5-14(15)16/h3-10,12,16,22H,21H2,1-2H3/t12-,16+/m0/s1. The van der Waals surface area contributed by atoms with Crippen LogP contribution >= 0.6 is 23.6 Å². The van der Waals surface area contributed by atoms with Gasteiger partial charge in [-0.2, -0.15) is 0 Å². The molecular weight excluding hydrogens is 362 g/mol. The van der Waals surface area contributed by atoms with Gasteiger partial charge >= 0.3 is 0 Å². The van der Waals surface area contributed by atoms with Crippen LogP contribution in [0.2, 0.25) is 0 Å². The maximum absolute atomic E-state index is 13.3. The Balaban J connectivity index is 1.78. The van der Waals surface area contributed by atoms with E-state index in [1.165, 1.54) is 11.3 Å². The van der Waals surface area contributed by atoms with Crippen molar-refractivity contribution in [3.63, 3.8) is 0 Å². The molecule has 1 aliphatic heterocycles. The summed E-state index contributed by atoms with van der Waals surface area (Å²) < 4.78 is 2.37. The number of ketones is 1. The summed E-state index contributed by atoms with van der Waals surface area (Å²) in [6.07, 6.45) is 0. The maximum atomic E-state index is 13.3. The number of nitrogens with zero attached hydrogens (tertiary/aromatic N) is 1. The monoisotopic (exact) mass is 381 g/mol. The smallest absolute Gasteiger partial charge is 0.186 e. The fourth-order valence-corrected chi connectivity index (χ4v) is 4.85. The molecule has 0 bridgehead atoms. The van der Waals surface area contributed by atoms with E-state index in [1.54, 1.807) is 4.57 Å². The first-order valence-electron chi connectivity index (χ1n) is 8.45. The van der Waals surface area contributed by atoms with E-state index in [9.17, 15) is 4.79 Å². The molecule has 6 heteroatoms. The van der Waals surface area contributed by atoms with Gasteiger partial charge in [0.15, 0.2) is 9.74 Å². The van der Waals surface area contributed by atoms with Gasteiger partial charge in [0, 0.05) is 17.4 Å². The van der Waals surface area contributed by atoms with E-state index in [0.717, 1.165) is 22.5 Å². The normalized spacial score (nSPS) is 18.4. The lowest BCUT2D eigenvalue weighted by Gasteiger charge is -2.14. The molecule has 26 heavy (non-hydrogen) atoms. The number of fused-ring (bicyclic) bond motifs is 1. The molecule has 1 aliphatic rings. The summed E-state index contributed by atoms with van der Waals surface area (Å²) in [5.74, 6) is 0.188. The van der Waals surface area contributed by atoms with Crippen molar-refractivity contribution < 1.29 is 4.79 Å². The molecule has 0 saturated heterocycles. The van der Waals surface area contributed by atoms with E-state index in [0.29, 0.717) is 14.6 Å². The predicted octanol–water partition coefficient (Wildman–Crippen LogP) is 4.94. The van der Waals surface area contributed by atoms with Gasteiger partial charge in [0.2, 0.25) is 0 Å². The number of nitrogen functional groups attached to an aromatic ring is 1. The summed E-state index contributed by atoms with van der Waals surface area (Å²) in [7, 11) is 0. The average molecular weight is 382 g/mol. The van der Waals surface area contributed by atoms with Crippen LogP contribution in [-0.4, -0.2) is 16.4 Å². The Morgan fingerprint density at radius 2 is 1.88 bits per heavy atom. The minimum atomic E-state index is -0.256. The van der Waals surface area contributed by atoms with Crippen molar-refractivity contribution in [1.29, 1.82) is 0 Å². The summed E-state index contributed by atoms with van der Waals surface area (Å²) in [5, 5.41) is 3.39. The summed E-state index contributed by atoms with van der Waals surface area (Å²) in [5.41, 5.74) is 10.4. The Morgan fingerprint density at radius 3 is 2.62 bits per heavy atom. The summed E-state index contributed by atoms with van der Waals surface area (Å²) in [6, 6.07) is 15.9. The van der Waals surface area contributed by atoms with Gasteiger partial charge in [0.05, 0.1) is 5.92 Å². The number of aryl methyl sites for hydroxylation is 1. The number of carbonyl (C=O) groups is 1. The van der Waals surface area contributed by atoms with Gasteiger partial charge in [0.25, 0.3) is 0 Å². The number of hydrogen-bond donors (Lipinski definition) is 2. The zero-order valence-corrected chi connectivity index (χ0v) is 16.2. The van der Waals surface area contributed by atoms with E-state index in [1.807, 2.05) is 62.4 Å².